The Morgan fingerprint density at radius 1 is 1.44 bits per heavy atom. The van der Waals surface area contributed by atoms with Crippen molar-refractivity contribution in [3.63, 3.8) is 0 Å². The van der Waals surface area contributed by atoms with Crippen LogP contribution in [0.5, 0.6) is 0 Å². The van der Waals surface area contributed by atoms with Crippen LogP contribution in [0.4, 0.5) is 0 Å². The monoisotopic (exact) mass is 364 g/mol. The summed E-state index contributed by atoms with van der Waals surface area (Å²) in [6.45, 7) is 5.12. The quantitative estimate of drug-likeness (QED) is 0.806. The first-order valence-electron chi connectivity index (χ1n) is 8.53. The number of aromatic nitrogens is 2. The first-order valence-corrected chi connectivity index (χ1v) is 9.41. The lowest BCUT2D eigenvalue weighted by atomic mass is 9.96. The molecule has 136 valence electrons. The fourth-order valence-electron chi connectivity index (χ4n) is 3.32. The molecule has 2 aromatic rings. The normalized spacial score (nSPS) is 20.7. The van der Waals surface area contributed by atoms with Crippen LogP contribution in [0.1, 0.15) is 6.92 Å². The Labute approximate surface area is 150 Å². The first-order chi connectivity index (χ1) is 12.0. The van der Waals surface area contributed by atoms with Crippen LogP contribution in [0.3, 0.4) is 0 Å². The number of hydrogen-bond acceptors (Lipinski definition) is 6. The maximum atomic E-state index is 12.7. The minimum Gasteiger partial charge on any atom is -0.396 e. The fraction of sp³-hybridized carbons (Fsp3) is 0.588. The van der Waals surface area contributed by atoms with Gasteiger partial charge >= 0.3 is 0 Å². The summed E-state index contributed by atoms with van der Waals surface area (Å²) in [5.74, 6) is 0.251. The molecule has 1 aliphatic heterocycles. The Morgan fingerprint density at radius 2 is 2.20 bits per heavy atom. The van der Waals surface area contributed by atoms with Crippen LogP contribution in [0.2, 0.25) is 0 Å². The molecule has 1 saturated heterocycles. The average Bonchev–Trinajstić information content (AvgIpc) is 3.24. The van der Waals surface area contributed by atoms with E-state index in [2.05, 4.69) is 16.8 Å². The summed E-state index contributed by atoms with van der Waals surface area (Å²) in [4.78, 5) is 33.3. The van der Waals surface area contributed by atoms with Gasteiger partial charge < -0.3 is 14.9 Å². The number of likely N-dealkylation sites (tertiary alicyclic amines) is 1. The predicted octanol–water partition coefficient (Wildman–Crippen LogP) is 0.477. The average molecular weight is 364 g/mol. The van der Waals surface area contributed by atoms with Gasteiger partial charge in [-0.2, -0.15) is 0 Å². The number of hydrogen-bond donors (Lipinski definition) is 1. The van der Waals surface area contributed by atoms with Crippen molar-refractivity contribution in [2.45, 2.75) is 13.5 Å². The number of amides is 1. The van der Waals surface area contributed by atoms with Crippen molar-refractivity contribution >= 4 is 27.5 Å². The van der Waals surface area contributed by atoms with E-state index in [1.54, 1.807) is 11.0 Å². The Morgan fingerprint density at radius 3 is 2.92 bits per heavy atom. The lowest BCUT2D eigenvalue weighted by Gasteiger charge is -2.22. The molecule has 8 heteroatoms. The minimum atomic E-state index is -0.173. The highest BCUT2D eigenvalue weighted by molar-refractivity contribution is 7.17. The van der Waals surface area contributed by atoms with E-state index in [0.717, 1.165) is 13.1 Å². The fourth-order valence-corrected chi connectivity index (χ4v) is 4.12. The van der Waals surface area contributed by atoms with Crippen LogP contribution in [0.25, 0.3) is 10.2 Å². The van der Waals surface area contributed by atoms with Crippen LogP contribution in [-0.2, 0) is 11.3 Å². The van der Waals surface area contributed by atoms with Crippen LogP contribution in [-0.4, -0.2) is 70.2 Å². The van der Waals surface area contributed by atoms with Crippen molar-refractivity contribution in [2.24, 2.45) is 11.8 Å². The zero-order valence-electron chi connectivity index (χ0n) is 14.6. The van der Waals surface area contributed by atoms with Crippen LogP contribution in [0, 0.1) is 11.8 Å². The molecule has 1 aliphatic rings. The van der Waals surface area contributed by atoms with Crippen LogP contribution >= 0.6 is 11.3 Å². The van der Waals surface area contributed by atoms with E-state index < -0.39 is 0 Å². The molecule has 1 amide bonds. The van der Waals surface area contributed by atoms with Crippen molar-refractivity contribution in [1.29, 1.82) is 0 Å². The molecule has 0 aliphatic carbocycles. The number of aliphatic hydroxyl groups is 1. The highest BCUT2D eigenvalue weighted by Gasteiger charge is 2.35. The summed E-state index contributed by atoms with van der Waals surface area (Å²) < 4.78 is 1.95. The van der Waals surface area contributed by atoms with E-state index in [1.165, 1.54) is 22.2 Å². The number of fused-ring (bicyclic) bond motifs is 1. The third-order valence-corrected chi connectivity index (χ3v) is 5.88. The van der Waals surface area contributed by atoms with Crippen molar-refractivity contribution in [3.8, 4) is 0 Å². The molecular formula is C17H24N4O3S. The standard InChI is InChI=1S/C17H24N4O3S/c1-3-19(2)6-12-7-20(8-13(12)10-22)15(23)9-21-11-18-14-4-5-25-16(14)17(21)24/h4-5,11-13,22H,3,6-10H2,1-2H3/t12-,13-/m1/s1. The van der Waals surface area contributed by atoms with Gasteiger partial charge in [-0.05, 0) is 31.0 Å². The van der Waals surface area contributed by atoms with Crippen LogP contribution in [0.15, 0.2) is 22.6 Å². The molecule has 3 rings (SSSR count). The second-order valence-electron chi connectivity index (χ2n) is 6.67. The summed E-state index contributed by atoms with van der Waals surface area (Å²) in [6.07, 6.45) is 1.44. The van der Waals surface area contributed by atoms with Crippen molar-refractivity contribution in [3.05, 3.63) is 28.1 Å². The van der Waals surface area contributed by atoms with Gasteiger partial charge in [0.05, 0.1) is 11.8 Å². The second kappa shape index (κ2) is 7.63. The number of carbonyl (C=O) groups excluding carboxylic acids is 1. The lowest BCUT2D eigenvalue weighted by molar-refractivity contribution is -0.131. The SMILES string of the molecule is CCN(C)C[C@@H]1CN(C(=O)Cn2cnc3ccsc3c2=O)C[C@@H]1CO. The molecule has 2 aromatic heterocycles. The van der Waals surface area contributed by atoms with Gasteiger partial charge in [-0.15, -0.1) is 11.3 Å². The molecule has 25 heavy (non-hydrogen) atoms. The molecule has 3 heterocycles. The molecule has 1 N–H and O–H groups in total. The van der Waals surface area contributed by atoms with Gasteiger partial charge in [0.2, 0.25) is 5.91 Å². The van der Waals surface area contributed by atoms with E-state index in [9.17, 15) is 14.7 Å². The molecule has 0 saturated carbocycles. The molecule has 1 fully saturated rings. The molecular weight excluding hydrogens is 340 g/mol. The summed E-state index contributed by atoms with van der Waals surface area (Å²) in [5, 5.41) is 11.5. The summed E-state index contributed by atoms with van der Waals surface area (Å²) in [6, 6.07) is 1.80. The molecule has 0 radical (unpaired) electrons. The Bertz CT molecular complexity index is 803. The molecule has 0 unspecified atom stereocenters. The second-order valence-corrected chi connectivity index (χ2v) is 7.59. The van der Waals surface area contributed by atoms with Crippen molar-refractivity contribution < 1.29 is 9.90 Å². The smallest absolute Gasteiger partial charge is 0.271 e. The number of aliphatic hydroxyl groups excluding tert-OH is 1. The summed E-state index contributed by atoms with van der Waals surface area (Å²) in [7, 11) is 2.04. The Hall–Kier alpha value is -1.77. The molecule has 7 nitrogen and oxygen atoms in total. The van der Waals surface area contributed by atoms with E-state index >= 15 is 0 Å². The van der Waals surface area contributed by atoms with Gasteiger partial charge in [0.1, 0.15) is 11.2 Å². The predicted molar refractivity (Wildman–Crippen MR) is 97.7 cm³/mol. The van der Waals surface area contributed by atoms with Gasteiger partial charge in [0, 0.05) is 32.2 Å². The van der Waals surface area contributed by atoms with Crippen molar-refractivity contribution in [2.75, 3.05) is 39.8 Å². The molecule has 0 bridgehead atoms. The molecule has 2 atom stereocenters. The first kappa shape index (κ1) is 18.0. The van der Waals surface area contributed by atoms with E-state index in [0.29, 0.717) is 23.3 Å². The largest absolute Gasteiger partial charge is 0.396 e. The third kappa shape index (κ3) is 3.75. The van der Waals surface area contributed by atoms with Gasteiger partial charge in [0.15, 0.2) is 0 Å². The van der Waals surface area contributed by atoms with Gasteiger partial charge in [-0.3, -0.25) is 14.2 Å². The highest BCUT2D eigenvalue weighted by Crippen LogP contribution is 2.24. The van der Waals surface area contributed by atoms with E-state index in [1.807, 2.05) is 12.4 Å². The van der Waals surface area contributed by atoms with Gasteiger partial charge in [0.25, 0.3) is 5.56 Å². The van der Waals surface area contributed by atoms with Crippen LogP contribution < -0.4 is 5.56 Å². The zero-order chi connectivity index (χ0) is 18.0. The van der Waals surface area contributed by atoms with E-state index in [4.69, 9.17) is 0 Å². The third-order valence-electron chi connectivity index (χ3n) is 4.99. The Kier molecular flexibility index (Phi) is 5.51. The number of carbonyl (C=O) groups is 1. The highest BCUT2D eigenvalue weighted by atomic mass is 32.1. The summed E-state index contributed by atoms with van der Waals surface area (Å²) >= 11 is 1.34. The minimum absolute atomic E-state index is 0.00579. The van der Waals surface area contributed by atoms with Crippen molar-refractivity contribution in [1.82, 2.24) is 19.4 Å². The maximum absolute atomic E-state index is 12.7. The number of rotatable bonds is 6. The van der Waals surface area contributed by atoms with E-state index in [-0.39, 0.29) is 36.5 Å². The molecule has 0 spiro atoms. The Balaban J connectivity index is 1.70. The van der Waals surface area contributed by atoms with Gasteiger partial charge in [-0.25, -0.2) is 4.98 Å². The molecule has 0 aromatic carbocycles. The van der Waals surface area contributed by atoms with Gasteiger partial charge in [-0.1, -0.05) is 6.92 Å². The summed E-state index contributed by atoms with van der Waals surface area (Å²) in [5.41, 5.74) is 0.497. The zero-order valence-corrected chi connectivity index (χ0v) is 15.4. The lowest BCUT2D eigenvalue weighted by Crippen LogP contribution is -2.36. The maximum Gasteiger partial charge on any atom is 0.271 e. The number of nitrogens with zero attached hydrogens (tertiary/aromatic N) is 4. The number of thiophene rings is 1. The topological polar surface area (TPSA) is 78.7 Å².